The average Bonchev–Trinajstić information content (AvgIpc) is 2.87. The molecule has 2 N–H and O–H groups in total. The zero-order valence-electron chi connectivity index (χ0n) is 13.0. The molecule has 0 spiro atoms. The Morgan fingerprint density at radius 1 is 1.32 bits per heavy atom. The summed E-state index contributed by atoms with van der Waals surface area (Å²) in [4.78, 5) is 16.2. The van der Waals surface area contributed by atoms with Crippen LogP contribution < -0.4 is 10.6 Å². The molecule has 1 saturated carbocycles. The van der Waals surface area contributed by atoms with E-state index in [4.69, 9.17) is 4.42 Å². The number of urea groups is 1. The summed E-state index contributed by atoms with van der Waals surface area (Å²) in [6.45, 7) is 2.47. The Morgan fingerprint density at radius 2 is 2.14 bits per heavy atom. The molecule has 0 bridgehead atoms. The van der Waals surface area contributed by atoms with E-state index < -0.39 is 0 Å². The minimum Gasteiger partial charge on any atom is -0.441 e. The van der Waals surface area contributed by atoms with Crippen molar-refractivity contribution >= 4 is 17.1 Å². The van der Waals surface area contributed by atoms with Gasteiger partial charge in [-0.05, 0) is 37.0 Å². The maximum absolute atomic E-state index is 11.9. The Balaban J connectivity index is 1.45. The molecule has 0 radical (unpaired) electrons. The lowest BCUT2D eigenvalue weighted by atomic mass is 9.96. The van der Waals surface area contributed by atoms with Crippen LogP contribution in [0.2, 0.25) is 0 Å². The smallest absolute Gasteiger partial charge is 0.315 e. The molecular weight excluding hydrogens is 278 g/mol. The van der Waals surface area contributed by atoms with Gasteiger partial charge in [0, 0.05) is 19.5 Å². The Hall–Kier alpha value is -2.04. The predicted octanol–water partition coefficient (Wildman–Crippen LogP) is 3.31. The summed E-state index contributed by atoms with van der Waals surface area (Å²) in [5.74, 6) is 0.678. The molecule has 2 amide bonds. The number of nitrogens with one attached hydrogen (secondary N) is 2. The molecule has 5 nitrogen and oxygen atoms in total. The number of carbonyl (C=O) groups excluding carboxylic acids is 1. The van der Waals surface area contributed by atoms with Crippen molar-refractivity contribution in [1.29, 1.82) is 0 Å². The number of carbonyl (C=O) groups is 1. The molecular formula is C17H23N3O2. The lowest BCUT2D eigenvalue weighted by molar-refractivity contribution is 0.233. The van der Waals surface area contributed by atoms with Crippen LogP contribution in [0.1, 0.15) is 43.6 Å². The summed E-state index contributed by atoms with van der Waals surface area (Å²) in [7, 11) is 0. The third-order valence-corrected chi connectivity index (χ3v) is 4.20. The van der Waals surface area contributed by atoms with E-state index in [1.807, 2.05) is 25.1 Å². The molecule has 2 aromatic rings. The SMILES string of the molecule is Cc1nc2cc(CCNC(=O)NC3CCCCC3)ccc2o1. The van der Waals surface area contributed by atoms with Crippen LogP contribution in [0.15, 0.2) is 22.6 Å². The minimum absolute atomic E-state index is 0.0507. The van der Waals surface area contributed by atoms with Crippen molar-refractivity contribution < 1.29 is 9.21 Å². The largest absolute Gasteiger partial charge is 0.441 e. The molecule has 3 rings (SSSR count). The molecule has 22 heavy (non-hydrogen) atoms. The number of fused-ring (bicyclic) bond motifs is 1. The van der Waals surface area contributed by atoms with E-state index in [0.29, 0.717) is 18.5 Å². The van der Waals surface area contributed by atoms with E-state index >= 15 is 0 Å². The number of hydrogen-bond donors (Lipinski definition) is 2. The van der Waals surface area contributed by atoms with Gasteiger partial charge in [0.2, 0.25) is 0 Å². The summed E-state index contributed by atoms with van der Waals surface area (Å²) in [6.07, 6.45) is 6.75. The number of benzene rings is 1. The molecule has 1 aliphatic rings. The van der Waals surface area contributed by atoms with Crippen molar-refractivity contribution in [1.82, 2.24) is 15.6 Å². The van der Waals surface area contributed by atoms with Gasteiger partial charge in [0.25, 0.3) is 0 Å². The summed E-state index contributed by atoms with van der Waals surface area (Å²) < 4.78 is 5.46. The van der Waals surface area contributed by atoms with Crippen LogP contribution in [0.4, 0.5) is 4.79 Å². The summed E-state index contributed by atoms with van der Waals surface area (Å²) >= 11 is 0. The Labute approximate surface area is 130 Å². The minimum atomic E-state index is -0.0507. The van der Waals surface area contributed by atoms with Gasteiger partial charge in [0.15, 0.2) is 11.5 Å². The van der Waals surface area contributed by atoms with Gasteiger partial charge in [-0.3, -0.25) is 0 Å². The van der Waals surface area contributed by atoms with E-state index in [1.54, 1.807) is 0 Å². The second kappa shape index (κ2) is 6.81. The van der Waals surface area contributed by atoms with Crippen molar-refractivity contribution in [3.05, 3.63) is 29.7 Å². The third kappa shape index (κ3) is 3.78. The van der Waals surface area contributed by atoms with E-state index in [-0.39, 0.29) is 6.03 Å². The van der Waals surface area contributed by atoms with Crippen LogP contribution >= 0.6 is 0 Å². The van der Waals surface area contributed by atoms with Crippen LogP contribution in [-0.4, -0.2) is 23.6 Å². The lowest BCUT2D eigenvalue weighted by Gasteiger charge is -2.22. The molecule has 0 saturated heterocycles. The van der Waals surface area contributed by atoms with Crippen molar-refractivity contribution in [3.8, 4) is 0 Å². The number of oxazole rings is 1. The van der Waals surface area contributed by atoms with E-state index in [2.05, 4.69) is 15.6 Å². The highest BCUT2D eigenvalue weighted by Crippen LogP contribution is 2.18. The van der Waals surface area contributed by atoms with Gasteiger partial charge >= 0.3 is 6.03 Å². The van der Waals surface area contributed by atoms with E-state index in [9.17, 15) is 4.79 Å². The zero-order chi connectivity index (χ0) is 15.4. The summed E-state index contributed by atoms with van der Waals surface area (Å²) in [6, 6.07) is 6.28. The predicted molar refractivity (Wildman–Crippen MR) is 85.9 cm³/mol. The molecule has 1 heterocycles. The van der Waals surface area contributed by atoms with Crippen molar-refractivity contribution in [3.63, 3.8) is 0 Å². The maximum atomic E-state index is 11.9. The quantitative estimate of drug-likeness (QED) is 0.910. The number of aromatic nitrogens is 1. The summed E-state index contributed by atoms with van der Waals surface area (Å²) in [5.41, 5.74) is 2.84. The fourth-order valence-corrected chi connectivity index (χ4v) is 3.05. The summed E-state index contributed by atoms with van der Waals surface area (Å²) in [5, 5.41) is 6.00. The second-order valence-corrected chi connectivity index (χ2v) is 6.02. The van der Waals surface area contributed by atoms with Crippen LogP contribution in [0.5, 0.6) is 0 Å². The van der Waals surface area contributed by atoms with Crippen LogP contribution in [0, 0.1) is 6.92 Å². The molecule has 0 unspecified atom stereocenters. The first-order valence-corrected chi connectivity index (χ1v) is 8.11. The molecule has 5 heteroatoms. The van der Waals surface area contributed by atoms with Gasteiger partial charge in [0.1, 0.15) is 5.52 Å². The highest BCUT2D eigenvalue weighted by Gasteiger charge is 2.15. The van der Waals surface area contributed by atoms with Gasteiger partial charge in [-0.1, -0.05) is 25.3 Å². The number of amides is 2. The first-order valence-electron chi connectivity index (χ1n) is 8.11. The second-order valence-electron chi connectivity index (χ2n) is 6.02. The third-order valence-electron chi connectivity index (χ3n) is 4.20. The van der Waals surface area contributed by atoms with Crippen molar-refractivity contribution in [2.24, 2.45) is 0 Å². The highest BCUT2D eigenvalue weighted by atomic mass is 16.3. The molecule has 1 fully saturated rings. The topological polar surface area (TPSA) is 67.2 Å². The van der Waals surface area contributed by atoms with Crippen molar-refractivity contribution in [2.75, 3.05) is 6.54 Å². The monoisotopic (exact) mass is 301 g/mol. The number of aryl methyl sites for hydroxylation is 1. The number of hydrogen-bond acceptors (Lipinski definition) is 3. The molecule has 1 aliphatic carbocycles. The highest BCUT2D eigenvalue weighted by molar-refractivity contribution is 5.74. The van der Waals surface area contributed by atoms with E-state index in [0.717, 1.165) is 35.9 Å². The van der Waals surface area contributed by atoms with Gasteiger partial charge in [0.05, 0.1) is 0 Å². The molecule has 1 aromatic heterocycles. The number of nitrogens with zero attached hydrogens (tertiary/aromatic N) is 1. The Kier molecular flexibility index (Phi) is 4.61. The van der Waals surface area contributed by atoms with Crippen LogP contribution in [-0.2, 0) is 6.42 Å². The normalized spacial score (nSPS) is 15.9. The average molecular weight is 301 g/mol. The Bertz CT molecular complexity index is 644. The zero-order valence-corrected chi connectivity index (χ0v) is 13.0. The van der Waals surface area contributed by atoms with Gasteiger partial charge in [-0.25, -0.2) is 9.78 Å². The first-order chi connectivity index (χ1) is 10.7. The molecule has 118 valence electrons. The lowest BCUT2D eigenvalue weighted by Crippen LogP contribution is -2.43. The molecule has 1 aromatic carbocycles. The van der Waals surface area contributed by atoms with Crippen LogP contribution in [0.3, 0.4) is 0 Å². The van der Waals surface area contributed by atoms with Gasteiger partial charge < -0.3 is 15.1 Å². The van der Waals surface area contributed by atoms with Crippen molar-refractivity contribution in [2.45, 2.75) is 51.5 Å². The fourth-order valence-electron chi connectivity index (χ4n) is 3.05. The van der Waals surface area contributed by atoms with Crippen LogP contribution in [0.25, 0.3) is 11.1 Å². The van der Waals surface area contributed by atoms with E-state index in [1.165, 1.54) is 19.3 Å². The fraction of sp³-hybridized carbons (Fsp3) is 0.529. The number of rotatable bonds is 4. The molecule has 0 atom stereocenters. The Morgan fingerprint density at radius 3 is 2.95 bits per heavy atom. The first kappa shape index (κ1) is 14.9. The standard InChI is InChI=1S/C17H23N3O2/c1-12-19-15-11-13(7-8-16(15)22-12)9-10-18-17(21)20-14-5-3-2-4-6-14/h7-8,11,14H,2-6,9-10H2,1H3,(H2,18,20,21). The molecule has 0 aliphatic heterocycles. The van der Waals surface area contributed by atoms with Gasteiger partial charge in [-0.2, -0.15) is 0 Å². The maximum Gasteiger partial charge on any atom is 0.315 e. The van der Waals surface area contributed by atoms with Gasteiger partial charge in [-0.15, -0.1) is 0 Å².